The van der Waals surface area contributed by atoms with E-state index in [2.05, 4.69) is 15.9 Å². The molecule has 29 heavy (non-hydrogen) atoms. The van der Waals surface area contributed by atoms with Gasteiger partial charge in [-0.05, 0) is 24.3 Å². The van der Waals surface area contributed by atoms with E-state index in [0.29, 0.717) is 10.6 Å². The number of benzene rings is 2. The second kappa shape index (κ2) is 8.31. The van der Waals surface area contributed by atoms with Crippen LogP contribution in [0.1, 0.15) is 33.6 Å². The first-order valence-electron chi connectivity index (χ1n) is 8.48. The molecule has 1 aliphatic heterocycles. The van der Waals surface area contributed by atoms with Crippen LogP contribution in [0, 0.1) is 10.1 Å². The molecule has 1 heterocycles. The molecule has 1 saturated heterocycles. The number of carbonyl (C=O) groups is 4. The van der Waals surface area contributed by atoms with E-state index >= 15 is 0 Å². The van der Waals surface area contributed by atoms with Crippen LogP contribution in [0.15, 0.2) is 53.0 Å². The molecule has 0 unspecified atom stereocenters. The van der Waals surface area contributed by atoms with Crippen LogP contribution in [-0.4, -0.2) is 45.0 Å². The monoisotopic (exact) mass is 459 g/mol. The van der Waals surface area contributed by atoms with Crippen LogP contribution in [0.4, 0.5) is 5.69 Å². The number of nitro benzene ring substituents is 1. The Labute approximate surface area is 173 Å². The number of non-ortho nitro benzene ring substituents is 1. The standard InChI is InChI=1S/C19H14BrN3O6/c20-14-5-1-12(2-6-14)16(24)11-21(22-17(25)9-10-18(22)26)19(27)13-3-7-15(8-4-13)23(28)29/h1-8H,9-11H2. The first kappa shape index (κ1) is 20.3. The van der Waals surface area contributed by atoms with Gasteiger partial charge in [-0.15, -0.1) is 0 Å². The van der Waals surface area contributed by atoms with Gasteiger partial charge in [0.2, 0.25) is 11.8 Å². The zero-order valence-electron chi connectivity index (χ0n) is 14.9. The average molecular weight is 460 g/mol. The van der Waals surface area contributed by atoms with Crippen molar-refractivity contribution in [3.05, 3.63) is 74.2 Å². The molecule has 0 N–H and O–H groups in total. The first-order valence-corrected chi connectivity index (χ1v) is 9.28. The Morgan fingerprint density at radius 3 is 2.00 bits per heavy atom. The summed E-state index contributed by atoms with van der Waals surface area (Å²) in [6.07, 6.45) is -0.120. The molecule has 3 rings (SSSR count). The molecule has 0 spiro atoms. The third-order valence-electron chi connectivity index (χ3n) is 4.29. The number of imide groups is 1. The minimum Gasteiger partial charge on any atom is -0.292 e. The minimum absolute atomic E-state index is 0.00621. The quantitative estimate of drug-likeness (QED) is 0.283. The summed E-state index contributed by atoms with van der Waals surface area (Å²) in [5, 5.41) is 12.3. The third-order valence-corrected chi connectivity index (χ3v) is 4.81. The molecular formula is C19H14BrN3O6. The maximum atomic E-state index is 13.0. The lowest BCUT2D eigenvalue weighted by Crippen LogP contribution is -2.51. The first-order chi connectivity index (χ1) is 13.8. The molecule has 2 aromatic carbocycles. The van der Waals surface area contributed by atoms with E-state index in [0.717, 1.165) is 21.6 Å². The molecule has 3 amide bonds. The van der Waals surface area contributed by atoms with Crippen molar-refractivity contribution in [3.8, 4) is 0 Å². The highest BCUT2D eigenvalue weighted by Crippen LogP contribution is 2.20. The summed E-state index contributed by atoms with van der Waals surface area (Å²) in [5.74, 6) is -2.43. The number of carbonyl (C=O) groups excluding carboxylic acids is 4. The summed E-state index contributed by atoms with van der Waals surface area (Å²) >= 11 is 3.26. The van der Waals surface area contributed by atoms with Crippen LogP contribution < -0.4 is 0 Å². The minimum atomic E-state index is -0.783. The number of nitro groups is 1. The van der Waals surface area contributed by atoms with Crippen molar-refractivity contribution in [2.75, 3.05) is 6.54 Å². The maximum Gasteiger partial charge on any atom is 0.273 e. The number of hydrogen-bond donors (Lipinski definition) is 0. The molecule has 0 atom stereocenters. The van der Waals surface area contributed by atoms with Gasteiger partial charge in [-0.2, -0.15) is 5.01 Å². The molecule has 9 nitrogen and oxygen atoms in total. The van der Waals surface area contributed by atoms with Crippen molar-refractivity contribution in [1.82, 2.24) is 10.0 Å². The zero-order chi connectivity index (χ0) is 21.1. The number of nitrogens with zero attached hydrogens (tertiary/aromatic N) is 3. The van der Waals surface area contributed by atoms with Crippen LogP contribution in [0.5, 0.6) is 0 Å². The number of rotatable bonds is 6. The van der Waals surface area contributed by atoms with Crippen molar-refractivity contribution >= 4 is 45.1 Å². The molecule has 2 aromatic rings. The van der Waals surface area contributed by atoms with Gasteiger partial charge in [-0.25, -0.2) is 5.01 Å². The van der Waals surface area contributed by atoms with Crippen LogP contribution in [0.2, 0.25) is 0 Å². The molecule has 0 saturated carbocycles. The summed E-state index contributed by atoms with van der Waals surface area (Å²) < 4.78 is 0.762. The predicted molar refractivity (Wildman–Crippen MR) is 104 cm³/mol. The van der Waals surface area contributed by atoms with Gasteiger partial charge in [-0.3, -0.25) is 29.3 Å². The fourth-order valence-corrected chi connectivity index (χ4v) is 3.07. The summed E-state index contributed by atoms with van der Waals surface area (Å²) in [6, 6.07) is 11.1. The number of ketones is 1. The molecule has 10 heteroatoms. The number of hydrazine groups is 1. The number of halogens is 1. The van der Waals surface area contributed by atoms with Crippen molar-refractivity contribution in [2.24, 2.45) is 0 Å². The van der Waals surface area contributed by atoms with E-state index in [1.165, 1.54) is 12.1 Å². The zero-order valence-corrected chi connectivity index (χ0v) is 16.5. The van der Waals surface area contributed by atoms with Crippen molar-refractivity contribution in [3.63, 3.8) is 0 Å². The van der Waals surface area contributed by atoms with Crippen molar-refractivity contribution < 1.29 is 24.1 Å². The summed E-state index contributed by atoms with van der Waals surface area (Å²) in [6.45, 7) is -0.533. The van der Waals surface area contributed by atoms with E-state index < -0.39 is 35.0 Å². The normalized spacial score (nSPS) is 13.5. The fraction of sp³-hybridized carbons (Fsp3) is 0.158. The summed E-state index contributed by atoms with van der Waals surface area (Å²) in [5.41, 5.74) is 0.0906. The van der Waals surface area contributed by atoms with Gasteiger partial charge in [0, 0.05) is 40.6 Å². The second-order valence-corrected chi connectivity index (χ2v) is 7.11. The van der Waals surface area contributed by atoms with Crippen LogP contribution in [0.3, 0.4) is 0 Å². The van der Waals surface area contributed by atoms with Gasteiger partial charge in [0.05, 0.1) is 4.92 Å². The topological polar surface area (TPSA) is 118 Å². The van der Waals surface area contributed by atoms with Crippen LogP contribution in [0.25, 0.3) is 0 Å². The fourth-order valence-electron chi connectivity index (χ4n) is 2.81. The highest BCUT2D eigenvalue weighted by atomic mass is 79.9. The van der Waals surface area contributed by atoms with E-state index in [1.807, 2.05) is 0 Å². The Balaban J connectivity index is 1.92. The number of hydrogen-bond acceptors (Lipinski definition) is 6. The maximum absolute atomic E-state index is 13.0. The molecule has 0 bridgehead atoms. The third kappa shape index (κ3) is 4.37. The van der Waals surface area contributed by atoms with Crippen molar-refractivity contribution in [1.29, 1.82) is 0 Å². The van der Waals surface area contributed by atoms with E-state index in [9.17, 15) is 29.3 Å². The Kier molecular flexibility index (Phi) is 5.83. The van der Waals surface area contributed by atoms with Gasteiger partial charge in [-0.1, -0.05) is 28.1 Å². The van der Waals surface area contributed by atoms with Gasteiger partial charge >= 0.3 is 0 Å². The van der Waals surface area contributed by atoms with Gasteiger partial charge in [0.1, 0.15) is 6.54 Å². The Bertz CT molecular complexity index is 988. The molecule has 0 aromatic heterocycles. The lowest BCUT2D eigenvalue weighted by Gasteiger charge is -2.29. The van der Waals surface area contributed by atoms with E-state index in [1.54, 1.807) is 24.3 Å². The van der Waals surface area contributed by atoms with Crippen LogP contribution in [-0.2, 0) is 9.59 Å². The largest absolute Gasteiger partial charge is 0.292 e. The highest BCUT2D eigenvalue weighted by Gasteiger charge is 2.38. The van der Waals surface area contributed by atoms with Crippen LogP contribution >= 0.6 is 15.9 Å². The lowest BCUT2D eigenvalue weighted by atomic mass is 10.1. The van der Waals surface area contributed by atoms with Crippen molar-refractivity contribution in [2.45, 2.75) is 12.8 Å². The Morgan fingerprint density at radius 2 is 1.48 bits per heavy atom. The average Bonchev–Trinajstić information content (AvgIpc) is 3.04. The Hall–Kier alpha value is -3.40. The molecule has 0 radical (unpaired) electrons. The molecule has 148 valence electrons. The molecule has 1 fully saturated rings. The SMILES string of the molecule is O=C(CN(C(=O)c1ccc([N+](=O)[O-])cc1)N1C(=O)CCC1=O)c1ccc(Br)cc1. The van der Waals surface area contributed by atoms with E-state index in [-0.39, 0.29) is 24.1 Å². The second-order valence-electron chi connectivity index (χ2n) is 6.20. The van der Waals surface area contributed by atoms with Gasteiger partial charge in [0.15, 0.2) is 5.78 Å². The Morgan fingerprint density at radius 1 is 0.966 bits per heavy atom. The molecular weight excluding hydrogens is 446 g/mol. The summed E-state index contributed by atoms with van der Waals surface area (Å²) in [4.78, 5) is 60.2. The molecule has 1 aliphatic rings. The smallest absolute Gasteiger partial charge is 0.273 e. The number of Topliss-reactive ketones (excluding diaryl/α,β-unsaturated/α-hetero) is 1. The summed E-state index contributed by atoms with van der Waals surface area (Å²) in [7, 11) is 0. The van der Waals surface area contributed by atoms with E-state index in [4.69, 9.17) is 0 Å². The number of amides is 3. The molecule has 0 aliphatic carbocycles. The van der Waals surface area contributed by atoms with Gasteiger partial charge in [0.25, 0.3) is 11.6 Å². The van der Waals surface area contributed by atoms with Gasteiger partial charge < -0.3 is 0 Å². The lowest BCUT2D eigenvalue weighted by molar-refractivity contribution is -0.384. The predicted octanol–water partition coefficient (Wildman–Crippen LogP) is 2.75. The highest BCUT2D eigenvalue weighted by molar-refractivity contribution is 9.10.